The molecule has 2 aromatic rings. The van der Waals surface area contributed by atoms with Crippen molar-refractivity contribution in [1.82, 2.24) is 20.0 Å². The fourth-order valence-electron chi connectivity index (χ4n) is 5.55. The van der Waals surface area contributed by atoms with Crippen molar-refractivity contribution in [2.24, 2.45) is 0 Å². The van der Waals surface area contributed by atoms with Crippen molar-refractivity contribution >= 4 is 40.5 Å². The number of fused-ring (bicyclic) bond motifs is 1. The zero-order valence-corrected chi connectivity index (χ0v) is 28.5. The highest BCUT2D eigenvalue weighted by atomic mass is 79.9. The van der Waals surface area contributed by atoms with Gasteiger partial charge in [0.25, 0.3) is 5.91 Å². The lowest BCUT2D eigenvalue weighted by atomic mass is 9.84. The van der Waals surface area contributed by atoms with Gasteiger partial charge in [0.2, 0.25) is 0 Å². The van der Waals surface area contributed by atoms with Gasteiger partial charge >= 0.3 is 5.97 Å². The number of halogens is 1. The summed E-state index contributed by atoms with van der Waals surface area (Å²) >= 11 is 0. The second kappa shape index (κ2) is 15.1. The molecule has 240 valence electrons. The van der Waals surface area contributed by atoms with Crippen LogP contribution in [0.25, 0.3) is 0 Å². The van der Waals surface area contributed by atoms with Gasteiger partial charge in [0.05, 0.1) is 31.9 Å². The standard InChI is InChI=1S/C33H45N5O5.BrH/c1-7-42-29-16-24-19-38(31(34)26(24)17-27(29)32(41)35-6)20-28(39)23-13-22(14-25(15-23)33(3,4)5)18-36-9-11-37(12-10-36)21-30(40)43-8-2;/h13-17,34H,7-12,18-21H2,1-6H3,(H,35,41);1H. The Morgan fingerprint density at radius 1 is 0.932 bits per heavy atom. The van der Waals surface area contributed by atoms with E-state index in [1.807, 2.05) is 32.0 Å². The minimum atomic E-state index is -0.277. The number of carbonyl (C=O) groups excluding carboxylic acids is 3. The van der Waals surface area contributed by atoms with E-state index in [0.717, 1.165) is 42.9 Å². The fourth-order valence-corrected chi connectivity index (χ4v) is 5.55. The molecular weight excluding hydrogens is 626 g/mol. The molecule has 44 heavy (non-hydrogen) atoms. The SMILES string of the molecule is Br.CCOC(=O)CN1CCN(Cc2cc(C(=O)CN3Cc4cc(OCC)c(C(=O)NC)cc4C3=N)cc(C(C)(C)C)c2)CC1. The molecule has 1 amide bonds. The van der Waals surface area contributed by atoms with E-state index in [9.17, 15) is 14.4 Å². The summed E-state index contributed by atoms with van der Waals surface area (Å²) in [4.78, 5) is 44.3. The van der Waals surface area contributed by atoms with Crippen LogP contribution in [0.3, 0.4) is 0 Å². The van der Waals surface area contributed by atoms with Crippen LogP contribution in [-0.4, -0.2) is 97.7 Å². The predicted molar refractivity (Wildman–Crippen MR) is 176 cm³/mol. The van der Waals surface area contributed by atoms with Gasteiger partial charge in [-0.3, -0.25) is 29.6 Å². The number of rotatable bonds is 11. The fraction of sp³-hybridized carbons (Fsp3) is 0.515. The first-order valence-corrected chi connectivity index (χ1v) is 15.1. The lowest BCUT2D eigenvalue weighted by Gasteiger charge is -2.34. The smallest absolute Gasteiger partial charge is 0.320 e. The van der Waals surface area contributed by atoms with Gasteiger partial charge in [-0.05, 0) is 60.2 Å². The van der Waals surface area contributed by atoms with Crippen molar-refractivity contribution in [3.63, 3.8) is 0 Å². The number of piperazine rings is 1. The topological polar surface area (TPSA) is 115 Å². The maximum atomic E-state index is 13.7. The van der Waals surface area contributed by atoms with Gasteiger partial charge in [-0.15, -0.1) is 17.0 Å². The third kappa shape index (κ3) is 8.46. The molecule has 1 fully saturated rings. The first kappa shape index (κ1) is 35.2. The minimum absolute atomic E-state index is 0. The number of amidine groups is 1. The molecule has 11 heteroatoms. The van der Waals surface area contributed by atoms with Gasteiger partial charge in [-0.2, -0.15) is 0 Å². The maximum Gasteiger partial charge on any atom is 0.320 e. The highest BCUT2D eigenvalue weighted by molar-refractivity contribution is 8.93. The molecule has 4 rings (SSSR count). The van der Waals surface area contributed by atoms with E-state index in [4.69, 9.17) is 14.9 Å². The molecule has 0 aromatic heterocycles. The summed E-state index contributed by atoms with van der Waals surface area (Å²) in [6, 6.07) is 9.65. The van der Waals surface area contributed by atoms with Gasteiger partial charge < -0.3 is 19.7 Å². The lowest BCUT2D eigenvalue weighted by molar-refractivity contribution is -0.144. The number of esters is 1. The number of nitrogens with one attached hydrogen (secondary N) is 2. The van der Waals surface area contributed by atoms with E-state index in [2.05, 4.69) is 42.0 Å². The molecule has 2 heterocycles. The van der Waals surface area contributed by atoms with E-state index >= 15 is 0 Å². The Morgan fingerprint density at radius 2 is 1.61 bits per heavy atom. The van der Waals surface area contributed by atoms with Crippen LogP contribution >= 0.6 is 17.0 Å². The normalized spacial score (nSPS) is 15.4. The molecule has 0 radical (unpaired) electrons. The molecule has 0 bridgehead atoms. The van der Waals surface area contributed by atoms with Crippen molar-refractivity contribution in [1.29, 1.82) is 5.41 Å². The monoisotopic (exact) mass is 671 g/mol. The largest absolute Gasteiger partial charge is 0.493 e. The summed E-state index contributed by atoms with van der Waals surface area (Å²) in [5.41, 5.74) is 4.53. The third-order valence-electron chi connectivity index (χ3n) is 7.95. The van der Waals surface area contributed by atoms with Crippen LogP contribution in [-0.2, 0) is 28.0 Å². The third-order valence-corrected chi connectivity index (χ3v) is 7.95. The zero-order chi connectivity index (χ0) is 31.3. The molecule has 0 aliphatic carbocycles. The van der Waals surface area contributed by atoms with E-state index in [1.54, 1.807) is 18.0 Å². The Labute approximate surface area is 271 Å². The van der Waals surface area contributed by atoms with Gasteiger partial charge in [0, 0.05) is 57.4 Å². The molecule has 2 aliphatic rings. The average Bonchev–Trinajstić information content (AvgIpc) is 3.26. The Balaban J connectivity index is 0.00000529. The quantitative estimate of drug-likeness (QED) is 0.272. The molecule has 10 nitrogen and oxygen atoms in total. The summed E-state index contributed by atoms with van der Waals surface area (Å²) in [5, 5.41) is 11.4. The van der Waals surface area contributed by atoms with Crippen molar-refractivity contribution in [2.75, 3.05) is 59.5 Å². The van der Waals surface area contributed by atoms with Gasteiger partial charge in [-0.25, -0.2) is 0 Å². The molecule has 0 spiro atoms. The Morgan fingerprint density at radius 3 is 2.23 bits per heavy atom. The lowest BCUT2D eigenvalue weighted by Crippen LogP contribution is -2.47. The van der Waals surface area contributed by atoms with Crippen LogP contribution in [0.1, 0.15) is 77.6 Å². The molecule has 0 saturated carbocycles. The van der Waals surface area contributed by atoms with Crippen LogP contribution in [0.4, 0.5) is 0 Å². The number of Topliss-reactive ketones (excluding diaryl/α,β-unsaturated/α-hetero) is 1. The Hall–Kier alpha value is -3.28. The predicted octanol–water partition coefficient (Wildman–Crippen LogP) is 4.02. The van der Waals surface area contributed by atoms with Gasteiger partial charge in [0.1, 0.15) is 11.6 Å². The second-order valence-electron chi connectivity index (χ2n) is 12.2. The molecule has 2 aliphatic heterocycles. The molecular formula is C33H46BrN5O5. The van der Waals surface area contributed by atoms with Crippen LogP contribution in [0.15, 0.2) is 30.3 Å². The Bertz CT molecular complexity index is 1380. The van der Waals surface area contributed by atoms with Crippen LogP contribution in [0.2, 0.25) is 0 Å². The summed E-state index contributed by atoms with van der Waals surface area (Å²) in [7, 11) is 1.56. The Kier molecular flexibility index (Phi) is 12.1. The molecule has 0 unspecified atom stereocenters. The number of carbonyl (C=O) groups is 3. The van der Waals surface area contributed by atoms with Gasteiger partial charge in [-0.1, -0.05) is 26.8 Å². The highest BCUT2D eigenvalue weighted by Crippen LogP contribution is 2.31. The first-order valence-electron chi connectivity index (χ1n) is 15.1. The van der Waals surface area contributed by atoms with E-state index in [0.29, 0.717) is 55.3 Å². The van der Waals surface area contributed by atoms with E-state index in [-0.39, 0.29) is 52.4 Å². The van der Waals surface area contributed by atoms with E-state index < -0.39 is 0 Å². The number of ether oxygens (including phenoxy) is 2. The average molecular weight is 673 g/mol. The number of benzene rings is 2. The number of ketones is 1. The van der Waals surface area contributed by atoms with Gasteiger partial charge in [0.15, 0.2) is 5.78 Å². The zero-order valence-electron chi connectivity index (χ0n) is 26.7. The number of nitrogens with zero attached hydrogens (tertiary/aromatic N) is 3. The summed E-state index contributed by atoms with van der Waals surface area (Å²) < 4.78 is 10.8. The van der Waals surface area contributed by atoms with Crippen molar-refractivity contribution in [3.8, 4) is 5.75 Å². The van der Waals surface area contributed by atoms with Crippen molar-refractivity contribution in [3.05, 3.63) is 63.7 Å². The summed E-state index contributed by atoms with van der Waals surface area (Å²) in [6.45, 7) is 15.6. The minimum Gasteiger partial charge on any atom is -0.493 e. The van der Waals surface area contributed by atoms with Crippen molar-refractivity contribution in [2.45, 2.75) is 53.1 Å². The van der Waals surface area contributed by atoms with Crippen molar-refractivity contribution < 1.29 is 23.9 Å². The number of hydrogen-bond donors (Lipinski definition) is 2. The summed E-state index contributed by atoms with van der Waals surface area (Å²) in [6.07, 6.45) is 0. The molecule has 1 saturated heterocycles. The number of amides is 1. The highest BCUT2D eigenvalue weighted by Gasteiger charge is 2.30. The second-order valence-corrected chi connectivity index (χ2v) is 12.2. The van der Waals surface area contributed by atoms with Crippen LogP contribution in [0.5, 0.6) is 5.75 Å². The number of hydrogen-bond acceptors (Lipinski definition) is 8. The molecule has 0 atom stereocenters. The van der Waals surface area contributed by atoms with E-state index in [1.165, 1.54) is 0 Å². The summed E-state index contributed by atoms with van der Waals surface area (Å²) in [5.74, 6) is 0.185. The first-order chi connectivity index (χ1) is 20.4. The van der Waals surface area contributed by atoms with Crippen LogP contribution in [0, 0.1) is 5.41 Å². The molecule has 2 N–H and O–H groups in total. The maximum absolute atomic E-state index is 13.7. The van der Waals surface area contributed by atoms with Crippen LogP contribution < -0.4 is 10.1 Å². The molecule has 2 aromatic carbocycles.